The maximum absolute atomic E-state index is 9.52. The van der Waals surface area contributed by atoms with Gasteiger partial charge in [-0.15, -0.1) is 10.2 Å². The van der Waals surface area contributed by atoms with Crippen molar-refractivity contribution in [2.24, 2.45) is 0 Å². The largest absolute Gasteiger partial charge is 0.416 e. The SMILES string of the molecule is Cc1ccc(NCC(O)CO)c(-c2nnc(-c3ccncc3)o2)c1. The molecule has 2 heterocycles. The second-order valence-corrected chi connectivity index (χ2v) is 5.41. The predicted octanol–water partition coefficient (Wildman–Crippen LogP) is 1.87. The van der Waals surface area contributed by atoms with Crippen LogP contribution >= 0.6 is 0 Å². The lowest BCUT2D eigenvalue weighted by Gasteiger charge is -2.13. The molecule has 0 amide bonds. The van der Waals surface area contributed by atoms with E-state index in [4.69, 9.17) is 9.52 Å². The highest BCUT2D eigenvalue weighted by molar-refractivity contribution is 5.73. The summed E-state index contributed by atoms with van der Waals surface area (Å²) < 4.78 is 5.78. The fraction of sp³-hybridized carbons (Fsp3) is 0.235. The molecule has 0 fully saturated rings. The predicted molar refractivity (Wildman–Crippen MR) is 89.3 cm³/mol. The average Bonchev–Trinajstić information content (AvgIpc) is 3.11. The molecule has 124 valence electrons. The first-order valence-corrected chi connectivity index (χ1v) is 7.55. The highest BCUT2D eigenvalue weighted by atomic mass is 16.4. The van der Waals surface area contributed by atoms with Crippen LogP contribution in [0, 0.1) is 6.92 Å². The molecule has 0 saturated heterocycles. The van der Waals surface area contributed by atoms with Crippen LogP contribution in [-0.4, -0.2) is 44.7 Å². The Labute approximate surface area is 139 Å². The minimum Gasteiger partial charge on any atom is -0.416 e. The zero-order chi connectivity index (χ0) is 16.9. The van der Waals surface area contributed by atoms with Crippen molar-refractivity contribution in [3.8, 4) is 22.9 Å². The lowest BCUT2D eigenvalue weighted by atomic mass is 10.1. The Kier molecular flexibility index (Phi) is 4.83. The van der Waals surface area contributed by atoms with Crippen LogP contribution in [0.15, 0.2) is 47.1 Å². The number of hydrogen-bond acceptors (Lipinski definition) is 7. The second kappa shape index (κ2) is 7.20. The van der Waals surface area contributed by atoms with E-state index in [-0.39, 0.29) is 13.2 Å². The molecular weight excluding hydrogens is 308 g/mol. The summed E-state index contributed by atoms with van der Waals surface area (Å²) in [5.74, 6) is 0.793. The molecule has 7 heteroatoms. The lowest BCUT2D eigenvalue weighted by molar-refractivity contribution is 0.105. The third kappa shape index (κ3) is 3.58. The van der Waals surface area contributed by atoms with Crippen LogP contribution in [0.2, 0.25) is 0 Å². The maximum atomic E-state index is 9.52. The summed E-state index contributed by atoms with van der Waals surface area (Å²) in [7, 11) is 0. The van der Waals surface area contributed by atoms with Gasteiger partial charge in [0.05, 0.1) is 18.3 Å². The summed E-state index contributed by atoms with van der Waals surface area (Å²) in [5.41, 5.74) is 3.33. The monoisotopic (exact) mass is 326 g/mol. The Morgan fingerprint density at radius 1 is 1.12 bits per heavy atom. The van der Waals surface area contributed by atoms with Gasteiger partial charge in [0.1, 0.15) is 0 Å². The summed E-state index contributed by atoms with van der Waals surface area (Å²) in [5, 5.41) is 29.8. The molecule has 0 bridgehead atoms. The van der Waals surface area contributed by atoms with Crippen LogP contribution in [-0.2, 0) is 0 Å². The Balaban J connectivity index is 1.91. The summed E-state index contributed by atoms with van der Waals surface area (Å²) in [6.45, 7) is 1.88. The van der Waals surface area contributed by atoms with Crippen molar-refractivity contribution < 1.29 is 14.6 Å². The van der Waals surface area contributed by atoms with Gasteiger partial charge in [0.25, 0.3) is 0 Å². The first kappa shape index (κ1) is 16.1. The molecule has 24 heavy (non-hydrogen) atoms. The molecule has 3 rings (SSSR count). The maximum Gasteiger partial charge on any atom is 0.250 e. The van der Waals surface area contributed by atoms with Crippen LogP contribution < -0.4 is 5.32 Å². The van der Waals surface area contributed by atoms with Gasteiger partial charge in [0, 0.05) is 30.2 Å². The van der Waals surface area contributed by atoms with E-state index >= 15 is 0 Å². The molecule has 2 aromatic heterocycles. The minimum atomic E-state index is -0.839. The Hall–Kier alpha value is -2.77. The third-order valence-electron chi connectivity index (χ3n) is 3.50. The number of aliphatic hydroxyl groups excluding tert-OH is 2. The molecule has 0 aliphatic heterocycles. The zero-order valence-electron chi connectivity index (χ0n) is 13.2. The summed E-state index contributed by atoms with van der Waals surface area (Å²) in [4.78, 5) is 3.97. The molecule has 3 aromatic rings. The van der Waals surface area contributed by atoms with E-state index in [0.29, 0.717) is 11.8 Å². The molecule has 7 nitrogen and oxygen atoms in total. The number of rotatable bonds is 6. The van der Waals surface area contributed by atoms with Gasteiger partial charge in [-0.25, -0.2) is 0 Å². The van der Waals surface area contributed by atoms with Crippen molar-refractivity contribution in [3.05, 3.63) is 48.3 Å². The number of nitrogens with zero attached hydrogens (tertiary/aromatic N) is 3. The number of pyridine rings is 1. The van der Waals surface area contributed by atoms with Crippen molar-refractivity contribution in [2.75, 3.05) is 18.5 Å². The third-order valence-corrected chi connectivity index (χ3v) is 3.50. The fourth-order valence-corrected chi connectivity index (χ4v) is 2.22. The zero-order valence-corrected chi connectivity index (χ0v) is 13.2. The lowest BCUT2D eigenvalue weighted by Crippen LogP contribution is -2.23. The van der Waals surface area contributed by atoms with E-state index in [2.05, 4.69) is 20.5 Å². The first-order valence-electron chi connectivity index (χ1n) is 7.55. The van der Waals surface area contributed by atoms with Crippen molar-refractivity contribution in [1.82, 2.24) is 15.2 Å². The quantitative estimate of drug-likeness (QED) is 0.635. The van der Waals surface area contributed by atoms with Crippen LogP contribution in [0.4, 0.5) is 5.69 Å². The molecule has 0 radical (unpaired) electrons. The van der Waals surface area contributed by atoms with Gasteiger partial charge in [-0.1, -0.05) is 11.6 Å². The van der Waals surface area contributed by atoms with E-state index in [0.717, 1.165) is 22.4 Å². The normalized spacial score (nSPS) is 12.1. The molecule has 1 atom stereocenters. The summed E-state index contributed by atoms with van der Waals surface area (Å²) >= 11 is 0. The van der Waals surface area contributed by atoms with E-state index in [1.807, 2.05) is 25.1 Å². The summed E-state index contributed by atoms with van der Waals surface area (Å²) in [6.07, 6.45) is 2.48. The number of hydrogen-bond donors (Lipinski definition) is 3. The Morgan fingerprint density at radius 2 is 1.88 bits per heavy atom. The number of nitrogens with one attached hydrogen (secondary N) is 1. The average molecular weight is 326 g/mol. The molecule has 0 saturated carbocycles. The van der Waals surface area contributed by atoms with Crippen molar-refractivity contribution in [2.45, 2.75) is 13.0 Å². The fourth-order valence-electron chi connectivity index (χ4n) is 2.22. The van der Waals surface area contributed by atoms with Crippen LogP contribution in [0.25, 0.3) is 22.9 Å². The Bertz CT molecular complexity index is 805. The van der Waals surface area contributed by atoms with Crippen molar-refractivity contribution in [1.29, 1.82) is 0 Å². The standard InChI is InChI=1S/C17H18N4O3/c1-11-2-3-15(19-9-13(23)10-22)14(8-11)17-21-20-16(24-17)12-4-6-18-7-5-12/h2-8,13,19,22-23H,9-10H2,1H3. The van der Waals surface area contributed by atoms with Crippen LogP contribution in [0.3, 0.4) is 0 Å². The van der Waals surface area contributed by atoms with Crippen LogP contribution in [0.5, 0.6) is 0 Å². The second-order valence-electron chi connectivity index (χ2n) is 5.41. The topological polar surface area (TPSA) is 104 Å². The molecular formula is C17H18N4O3. The highest BCUT2D eigenvalue weighted by Gasteiger charge is 2.15. The molecule has 1 aromatic carbocycles. The number of anilines is 1. The van der Waals surface area contributed by atoms with E-state index in [1.54, 1.807) is 24.5 Å². The molecule has 0 spiro atoms. The highest BCUT2D eigenvalue weighted by Crippen LogP contribution is 2.30. The van der Waals surface area contributed by atoms with E-state index in [1.165, 1.54) is 0 Å². The number of aryl methyl sites for hydroxylation is 1. The van der Waals surface area contributed by atoms with Gasteiger partial charge in [-0.3, -0.25) is 4.98 Å². The number of benzene rings is 1. The Morgan fingerprint density at radius 3 is 2.62 bits per heavy atom. The van der Waals surface area contributed by atoms with Crippen molar-refractivity contribution in [3.63, 3.8) is 0 Å². The van der Waals surface area contributed by atoms with E-state index < -0.39 is 6.10 Å². The van der Waals surface area contributed by atoms with Gasteiger partial charge in [-0.2, -0.15) is 0 Å². The van der Waals surface area contributed by atoms with Gasteiger partial charge < -0.3 is 19.9 Å². The van der Waals surface area contributed by atoms with Gasteiger partial charge in [-0.05, 0) is 31.2 Å². The van der Waals surface area contributed by atoms with E-state index in [9.17, 15) is 5.11 Å². The molecule has 1 unspecified atom stereocenters. The first-order chi connectivity index (χ1) is 11.7. The smallest absolute Gasteiger partial charge is 0.250 e. The molecule has 0 aliphatic carbocycles. The van der Waals surface area contributed by atoms with Gasteiger partial charge >= 0.3 is 0 Å². The molecule has 3 N–H and O–H groups in total. The van der Waals surface area contributed by atoms with Gasteiger partial charge in [0.2, 0.25) is 11.8 Å². The van der Waals surface area contributed by atoms with Crippen molar-refractivity contribution >= 4 is 5.69 Å². The van der Waals surface area contributed by atoms with Gasteiger partial charge in [0.15, 0.2) is 0 Å². The summed E-state index contributed by atoms with van der Waals surface area (Å²) in [6, 6.07) is 9.34. The molecule has 0 aliphatic rings. The number of aliphatic hydroxyl groups is 2. The van der Waals surface area contributed by atoms with Crippen LogP contribution in [0.1, 0.15) is 5.56 Å². The minimum absolute atomic E-state index is 0.220. The number of aromatic nitrogens is 3.